The van der Waals surface area contributed by atoms with Gasteiger partial charge in [0.2, 0.25) is 0 Å². The van der Waals surface area contributed by atoms with E-state index in [0.717, 1.165) is 123 Å². The Kier molecular flexibility index (Phi) is 59.2. The molecule has 92 heavy (non-hydrogen) atoms. The lowest BCUT2D eigenvalue weighted by Gasteiger charge is -2.19. The van der Waals surface area contributed by atoms with Gasteiger partial charge in [-0.05, 0) is 120 Å². The summed E-state index contributed by atoms with van der Waals surface area (Å²) in [5.41, 5.74) is 0. The fraction of sp³-hybridized carbons (Fsp3) is 1.00. The number of hydrogen-bond donors (Lipinski definition) is 2. The number of aliphatic hydroxyl groups excluding tert-OH is 2. The zero-order valence-corrected chi connectivity index (χ0v) is 65.7. The molecule has 0 amide bonds. The first-order chi connectivity index (χ1) is 44.2. The average molecular weight is 1300 g/mol. The molecule has 1 fully saturated rings. The van der Waals surface area contributed by atoms with E-state index in [0.29, 0.717) is 36.9 Å². The third-order valence-electron chi connectivity index (χ3n) is 23.5. The van der Waals surface area contributed by atoms with E-state index in [2.05, 4.69) is 111 Å². The Balaban J connectivity index is 2.51. The summed E-state index contributed by atoms with van der Waals surface area (Å²) < 4.78 is 24.4. The van der Waals surface area contributed by atoms with Crippen molar-refractivity contribution in [3.8, 4) is 0 Å². The van der Waals surface area contributed by atoms with Crippen molar-refractivity contribution in [2.45, 2.75) is 406 Å². The minimum absolute atomic E-state index is 0.0415. The number of aliphatic hydroxyl groups is 2. The Morgan fingerprint density at radius 1 is 0.185 bits per heavy atom. The molecule has 0 spiro atoms. The smallest absolute Gasteiger partial charge is 0.104 e. The molecule has 0 aromatic carbocycles. The van der Waals surface area contributed by atoms with Crippen LogP contribution in [0.25, 0.3) is 0 Å². The van der Waals surface area contributed by atoms with Gasteiger partial charge in [0, 0.05) is 26.4 Å². The van der Waals surface area contributed by atoms with Gasteiger partial charge >= 0.3 is 0 Å². The summed E-state index contributed by atoms with van der Waals surface area (Å²) in [5, 5.41) is 20.1. The molecule has 552 valence electrons. The van der Waals surface area contributed by atoms with Gasteiger partial charge in [0.15, 0.2) is 0 Å². The van der Waals surface area contributed by atoms with E-state index in [9.17, 15) is 10.2 Å². The Hall–Kier alpha value is -0.240. The van der Waals surface area contributed by atoms with Crippen molar-refractivity contribution in [2.24, 2.45) is 94.7 Å². The van der Waals surface area contributed by atoms with Crippen molar-refractivity contribution in [1.29, 1.82) is 0 Å². The molecule has 0 unspecified atom stereocenters. The Morgan fingerprint density at radius 3 is 0.467 bits per heavy atom. The molecule has 1 saturated heterocycles. The molecule has 1 rings (SSSR count). The van der Waals surface area contributed by atoms with E-state index in [4.69, 9.17) is 18.9 Å². The Bertz CT molecular complexity index is 1410. The normalized spacial score (nSPS) is 36.1. The van der Waals surface area contributed by atoms with Crippen LogP contribution in [0, 0.1) is 94.7 Å². The third kappa shape index (κ3) is 56.6. The van der Waals surface area contributed by atoms with Crippen LogP contribution < -0.4 is 0 Å². The van der Waals surface area contributed by atoms with Crippen LogP contribution in [0.2, 0.25) is 0 Å². The van der Waals surface area contributed by atoms with E-state index < -0.39 is 0 Å². The lowest BCUT2D eigenvalue weighted by molar-refractivity contribution is -0.0471. The summed E-state index contributed by atoms with van der Waals surface area (Å²) >= 11 is 0. The third-order valence-corrected chi connectivity index (χ3v) is 23.5. The van der Waals surface area contributed by atoms with Crippen LogP contribution in [0.15, 0.2) is 0 Å². The predicted octanol–water partition coefficient (Wildman–Crippen LogP) is 26.1. The molecule has 1 aliphatic rings. The van der Waals surface area contributed by atoms with Crippen LogP contribution >= 0.6 is 0 Å². The molecule has 0 aromatic heterocycles. The monoisotopic (exact) mass is 1300 g/mol. The van der Waals surface area contributed by atoms with Crippen molar-refractivity contribution < 1.29 is 29.2 Å². The summed E-state index contributed by atoms with van der Waals surface area (Å²) in [5.74, 6) is 12.9. The predicted molar refractivity (Wildman–Crippen MR) is 405 cm³/mol. The lowest BCUT2D eigenvalue weighted by Crippen LogP contribution is -2.25. The molecule has 6 heteroatoms. The summed E-state index contributed by atoms with van der Waals surface area (Å²) in [4.78, 5) is 0. The fourth-order valence-electron chi connectivity index (χ4n) is 15.4. The van der Waals surface area contributed by atoms with Crippen LogP contribution in [0.5, 0.6) is 0 Å². The van der Waals surface area contributed by atoms with E-state index in [1.807, 2.05) is 0 Å². The summed E-state index contributed by atoms with van der Waals surface area (Å²) in [6.07, 6.45) is 59.0. The first kappa shape index (κ1) is 89.8. The highest BCUT2D eigenvalue weighted by atomic mass is 16.5. The molecule has 1 heterocycles. The molecular weight excluding hydrogens is 1130 g/mol. The van der Waals surface area contributed by atoms with E-state index >= 15 is 0 Å². The van der Waals surface area contributed by atoms with Crippen LogP contribution in [0.1, 0.15) is 393 Å². The van der Waals surface area contributed by atoms with E-state index in [-0.39, 0.29) is 25.4 Å². The summed E-state index contributed by atoms with van der Waals surface area (Å²) in [7, 11) is 0. The number of ether oxygens (including phenoxy) is 4. The van der Waals surface area contributed by atoms with Crippen molar-refractivity contribution in [1.82, 2.24) is 0 Å². The van der Waals surface area contributed by atoms with Crippen LogP contribution in [-0.2, 0) is 18.9 Å². The molecule has 0 saturated carbocycles. The van der Waals surface area contributed by atoms with Gasteiger partial charge in [0.25, 0.3) is 0 Å². The summed E-state index contributed by atoms with van der Waals surface area (Å²) in [6, 6.07) is 0. The highest BCUT2D eigenvalue weighted by molar-refractivity contribution is 4.70. The SMILES string of the molecule is C[C@@H]1CCC[C@H](C)CCC[C@H](C)CC[C@@H](C)CCC[C@@H](C)CCC[C@@H](C)CCC[C@@H](C)CCO[C@H](CO)COCC[C@H](C)CCC[C@H](C)CCC[C@H](C)CCC[C@H](C)CC[C@@H](C)CCC[C@@H](C)CCC[C@@H](C)CCC[C@@H](C)CCO[C@H](CO)COCC[C@H](C)CCC1. The van der Waals surface area contributed by atoms with Gasteiger partial charge < -0.3 is 29.2 Å². The molecular formula is C86H172O6. The quantitative estimate of drug-likeness (QED) is 0.287. The maximum atomic E-state index is 10.0. The molecule has 1 aliphatic heterocycles. The van der Waals surface area contributed by atoms with E-state index in [1.165, 1.54) is 257 Å². The maximum absolute atomic E-state index is 10.0. The zero-order valence-electron chi connectivity index (χ0n) is 65.7. The van der Waals surface area contributed by atoms with Gasteiger partial charge in [-0.2, -0.15) is 0 Å². The van der Waals surface area contributed by atoms with Crippen LogP contribution in [-0.4, -0.2) is 75.3 Å². The highest BCUT2D eigenvalue weighted by Crippen LogP contribution is 2.31. The molecule has 0 aromatic rings. The van der Waals surface area contributed by atoms with Gasteiger partial charge in [-0.3, -0.25) is 0 Å². The summed E-state index contributed by atoms with van der Waals surface area (Å²) in [6.45, 7) is 43.7. The second kappa shape index (κ2) is 60.7. The topological polar surface area (TPSA) is 77.4 Å². The minimum atomic E-state index is -0.203. The molecule has 0 radical (unpaired) electrons. The highest BCUT2D eigenvalue weighted by Gasteiger charge is 2.18. The molecule has 18 atom stereocenters. The second-order valence-corrected chi connectivity index (χ2v) is 34.7. The van der Waals surface area contributed by atoms with Crippen molar-refractivity contribution in [3.05, 3.63) is 0 Å². The van der Waals surface area contributed by atoms with Crippen molar-refractivity contribution in [2.75, 3.05) is 52.9 Å². The van der Waals surface area contributed by atoms with E-state index in [1.54, 1.807) is 0 Å². The number of rotatable bonds is 2. The van der Waals surface area contributed by atoms with Gasteiger partial charge in [0.05, 0.1) is 26.4 Å². The van der Waals surface area contributed by atoms with Crippen molar-refractivity contribution >= 4 is 0 Å². The largest absolute Gasteiger partial charge is 0.394 e. The fourth-order valence-corrected chi connectivity index (χ4v) is 15.4. The van der Waals surface area contributed by atoms with Crippen molar-refractivity contribution in [3.63, 3.8) is 0 Å². The van der Waals surface area contributed by atoms with Crippen LogP contribution in [0.4, 0.5) is 0 Å². The lowest BCUT2D eigenvalue weighted by atomic mass is 9.88. The molecule has 6 nitrogen and oxygen atoms in total. The Morgan fingerprint density at radius 2 is 0.315 bits per heavy atom. The maximum Gasteiger partial charge on any atom is 0.104 e. The molecule has 2 N–H and O–H groups in total. The van der Waals surface area contributed by atoms with Gasteiger partial charge in [-0.15, -0.1) is 0 Å². The zero-order chi connectivity index (χ0) is 68.0. The molecule has 0 aliphatic carbocycles. The Labute approximate surface area is 579 Å². The number of hydrogen-bond acceptors (Lipinski definition) is 6. The van der Waals surface area contributed by atoms with Crippen LogP contribution in [0.3, 0.4) is 0 Å². The minimum Gasteiger partial charge on any atom is -0.394 e. The van der Waals surface area contributed by atoms with Gasteiger partial charge in [-0.25, -0.2) is 0 Å². The second-order valence-electron chi connectivity index (χ2n) is 34.7. The molecule has 0 bridgehead atoms. The first-order valence-corrected chi connectivity index (χ1v) is 41.8. The first-order valence-electron chi connectivity index (χ1n) is 41.8. The van der Waals surface area contributed by atoms with Gasteiger partial charge in [0.1, 0.15) is 12.2 Å². The standard InChI is InChI=1S/C86H172O6/c1-69-29-17-33-73(5)41-25-49-81(13)57-61-89-67-85(65-87)91-63-59-83(15)52-28-44-76(8)36-20-32-72(4)40-24-48-80(12)56-54-78(10)46-22-38-70(2)30-18-34-74(6)42-26-50-82(14)58-62-90-68-86(66-88)92-64-60-84(16)51-27-43-75(7)35-19-31-71(3)39-23-47-79(11)55-53-77(9)45-21-37-69/h69-88H,17-68H2,1-16H3/t69-,70-,71-,72-,73+,74+,75+,76+,77-,78-,79-,80-,81+,82+,83+,84+,85+,86+/m0/s1. The average Bonchev–Trinajstić information content (AvgIpc) is 3.72. The van der Waals surface area contributed by atoms with Gasteiger partial charge in [-0.1, -0.05) is 368 Å².